The van der Waals surface area contributed by atoms with Crippen LogP contribution in [-0.2, 0) is 27.9 Å². The van der Waals surface area contributed by atoms with Crippen LogP contribution in [0.4, 0.5) is 23.2 Å². The molecule has 3 unspecified atom stereocenters. The number of nitrogens with zero attached hydrogens (tertiary/aromatic N) is 2. The molecule has 1 aromatic carbocycles. The van der Waals surface area contributed by atoms with Crippen molar-refractivity contribution in [2.45, 2.75) is 56.8 Å². The van der Waals surface area contributed by atoms with Crippen molar-refractivity contribution in [2.75, 3.05) is 11.4 Å². The molecule has 1 aliphatic rings. The van der Waals surface area contributed by atoms with Crippen LogP contribution in [-0.4, -0.2) is 26.7 Å². The zero-order valence-electron chi connectivity index (χ0n) is 19.3. The van der Waals surface area contributed by atoms with Gasteiger partial charge in [0, 0.05) is 18.8 Å². The second kappa shape index (κ2) is 10.6. The normalized spacial score (nSPS) is 18.4. The molecule has 1 saturated carbocycles. The van der Waals surface area contributed by atoms with Crippen molar-refractivity contribution in [3.05, 3.63) is 59.2 Å². The molecule has 192 valence electrons. The van der Waals surface area contributed by atoms with Crippen LogP contribution in [0, 0.1) is 11.7 Å². The summed E-state index contributed by atoms with van der Waals surface area (Å²) in [4.78, 5) is 16.7. The number of hydrogen-bond donors (Lipinski definition) is 3. The van der Waals surface area contributed by atoms with Gasteiger partial charge in [0.2, 0.25) is 5.91 Å². The van der Waals surface area contributed by atoms with Crippen molar-refractivity contribution >= 4 is 22.9 Å². The largest absolute Gasteiger partial charge is 0.433 e. The summed E-state index contributed by atoms with van der Waals surface area (Å²) in [5, 5.41) is 2.81. The number of anilines is 1. The molecule has 4 N–H and O–H groups in total. The van der Waals surface area contributed by atoms with E-state index in [9.17, 15) is 31.1 Å². The first-order valence-corrected chi connectivity index (χ1v) is 12.2. The van der Waals surface area contributed by atoms with Gasteiger partial charge in [0.1, 0.15) is 17.2 Å². The number of pyridine rings is 1. The lowest BCUT2D eigenvalue weighted by molar-refractivity contribution is -0.141. The third-order valence-corrected chi connectivity index (χ3v) is 7.21. The molecule has 2 aromatic rings. The third-order valence-electron chi connectivity index (χ3n) is 6.55. The Hall–Kier alpha value is -2.57. The van der Waals surface area contributed by atoms with Gasteiger partial charge in [-0.2, -0.15) is 13.2 Å². The minimum Gasteiger partial charge on any atom is -0.333 e. The Morgan fingerprint density at radius 2 is 1.89 bits per heavy atom. The van der Waals surface area contributed by atoms with Crippen LogP contribution in [0.2, 0.25) is 0 Å². The molecule has 1 amide bonds. The molecule has 1 aromatic heterocycles. The van der Waals surface area contributed by atoms with Crippen molar-refractivity contribution in [3.8, 4) is 0 Å². The molecule has 3 atom stereocenters. The van der Waals surface area contributed by atoms with Crippen LogP contribution in [0.15, 0.2) is 36.5 Å². The molecule has 1 fully saturated rings. The fourth-order valence-corrected chi connectivity index (χ4v) is 4.69. The Labute approximate surface area is 203 Å². The number of halogens is 4. The number of rotatable bonds is 7. The van der Waals surface area contributed by atoms with E-state index < -0.39 is 46.4 Å². The van der Waals surface area contributed by atoms with E-state index in [-0.39, 0.29) is 17.2 Å². The number of carbonyl (C=O) groups excluding carboxylic acids is 1. The van der Waals surface area contributed by atoms with E-state index in [4.69, 9.17) is 5.73 Å². The molecule has 0 spiro atoms. The van der Waals surface area contributed by atoms with Gasteiger partial charge in [-0.25, -0.2) is 8.60 Å². The fourth-order valence-electron chi connectivity index (χ4n) is 4.37. The highest BCUT2D eigenvalue weighted by Crippen LogP contribution is 2.37. The maximum absolute atomic E-state index is 14.6. The van der Waals surface area contributed by atoms with E-state index >= 15 is 0 Å². The van der Waals surface area contributed by atoms with E-state index in [0.717, 1.165) is 41.9 Å². The van der Waals surface area contributed by atoms with Crippen LogP contribution in [0.1, 0.15) is 61.8 Å². The molecule has 7 nitrogen and oxygen atoms in total. The van der Waals surface area contributed by atoms with Gasteiger partial charge in [-0.1, -0.05) is 31.4 Å². The highest BCUT2D eigenvalue weighted by atomic mass is 32.2. The quantitative estimate of drug-likeness (QED) is 0.287. The molecule has 0 aliphatic heterocycles. The van der Waals surface area contributed by atoms with Crippen LogP contribution < -0.4 is 15.4 Å². The number of nitrogens with one attached hydrogen (secondary N) is 1. The Morgan fingerprint density at radius 1 is 1.23 bits per heavy atom. The van der Waals surface area contributed by atoms with Crippen molar-refractivity contribution in [1.82, 2.24) is 10.3 Å². The number of hydrogen-bond acceptors (Lipinski definition) is 4. The second-order valence-corrected chi connectivity index (χ2v) is 9.79. The molecule has 0 radical (unpaired) electrons. The van der Waals surface area contributed by atoms with Crippen LogP contribution >= 0.6 is 0 Å². The summed E-state index contributed by atoms with van der Waals surface area (Å²) in [7, 11) is 1.25. The molecule has 35 heavy (non-hydrogen) atoms. The predicted molar refractivity (Wildman–Crippen MR) is 124 cm³/mol. The smallest absolute Gasteiger partial charge is 0.333 e. The lowest BCUT2D eigenvalue weighted by atomic mass is 9.76. The monoisotopic (exact) mass is 516 g/mol. The summed E-state index contributed by atoms with van der Waals surface area (Å²) >= 11 is -2.42. The number of aromatic nitrogens is 1. The lowest BCUT2D eigenvalue weighted by Crippen LogP contribution is -2.59. The van der Waals surface area contributed by atoms with Gasteiger partial charge in [0.05, 0.1) is 11.6 Å². The maximum atomic E-state index is 14.6. The van der Waals surface area contributed by atoms with Crippen LogP contribution in [0.3, 0.4) is 0 Å². The molecule has 1 aliphatic carbocycles. The summed E-state index contributed by atoms with van der Waals surface area (Å²) in [5.74, 6) is -2.41. The van der Waals surface area contributed by atoms with Gasteiger partial charge in [0.25, 0.3) is 11.3 Å². The van der Waals surface area contributed by atoms with Gasteiger partial charge in [0.15, 0.2) is 0 Å². The van der Waals surface area contributed by atoms with Crippen molar-refractivity contribution in [2.24, 2.45) is 11.7 Å². The van der Waals surface area contributed by atoms with Crippen molar-refractivity contribution in [3.63, 3.8) is 0 Å². The second-order valence-electron chi connectivity index (χ2n) is 8.78. The zero-order valence-corrected chi connectivity index (χ0v) is 20.1. The lowest BCUT2D eigenvalue weighted by Gasteiger charge is -2.41. The highest BCUT2D eigenvalue weighted by Gasteiger charge is 2.41. The Bertz CT molecular complexity index is 1080. The third kappa shape index (κ3) is 5.99. The van der Waals surface area contributed by atoms with Crippen LogP contribution in [0.5, 0.6) is 0 Å². The van der Waals surface area contributed by atoms with Crippen molar-refractivity contribution in [1.29, 1.82) is 0 Å². The number of benzene rings is 1. The molecule has 12 heteroatoms. The van der Waals surface area contributed by atoms with Gasteiger partial charge in [-0.05, 0) is 49.4 Å². The summed E-state index contributed by atoms with van der Waals surface area (Å²) in [6.07, 6.45) is 0.541. The summed E-state index contributed by atoms with van der Waals surface area (Å²) in [6.45, 7) is 1.55. The fraction of sp³-hybridized carbons (Fsp3) is 0.478. The van der Waals surface area contributed by atoms with Crippen molar-refractivity contribution < 1.29 is 31.1 Å². The van der Waals surface area contributed by atoms with Gasteiger partial charge < -0.3 is 11.1 Å². The number of alkyl halides is 3. The van der Waals surface area contributed by atoms with Gasteiger partial charge in [-0.15, -0.1) is 0 Å². The van der Waals surface area contributed by atoms with Gasteiger partial charge in [-0.3, -0.25) is 18.6 Å². The summed E-state index contributed by atoms with van der Waals surface area (Å²) < 4.78 is 74.8. The Balaban J connectivity index is 1.89. The van der Waals surface area contributed by atoms with E-state index in [1.807, 2.05) is 0 Å². The SMILES string of the molecule is CC(C(=O)NC(N)(c1ccc(C(F)(F)F)nc1)C1CCCCC1)c1ccc(N(C)S(=O)O)c(F)c1. The van der Waals surface area contributed by atoms with E-state index in [0.29, 0.717) is 18.4 Å². The van der Waals surface area contributed by atoms with E-state index in [2.05, 4.69) is 10.3 Å². The Kier molecular flexibility index (Phi) is 8.17. The molecule has 0 saturated heterocycles. The van der Waals surface area contributed by atoms with E-state index in [1.54, 1.807) is 6.92 Å². The first kappa shape index (κ1) is 27.0. The van der Waals surface area contributed by atoms with Gasteiger partial charge >= 0.3 is 6.18 Å². The average molecular weight is 517 g/mol. The summed E-state index contributed by atoms with van der Waals surface area (Å²) in [5.41, 5.74) is 4.62. The Morgan fingerprint density at radius 3 is 2.40 bits per heavy atom. The molecule has 0 bridgehead atoms. The molecular formula is C23H28F4N4O3S. The van der Waals surface area contributed by atoms with Crippen LogP contribution in [0.25, 0.3) is 0 Å². The minimum atomic E-state index is -4.61. The number of nitrogens with two attached hydrogens (primary N) is 1. The van der Waals surface area contributed by atoms with E-state index in [1.165, 1.54) is 25.2 Å². The summed E-state index contributed by atoms with van der Waals surface area (Å²) in [6, 6.07) is 5.92. The average Bonchev–Trinajstić information content (AvgIpc) is 2.83. The number of carbonyl (C=O) groups is 1. The molecule has 1 heterocycles. The standard InChI is InChI=1S/C23H28F4N4O3S/c1-14(15-8-10-19(18(24)12-15)31(2)35(33)34)21(32)30-22(28,16-6-4-3-5-7-16)17-9-11-20(29-13-17)23(25,26)27/h8-14,16H,3-7,28H2,1-2H3,(H,30,32)(H,33,34). The topological polar surface area (TPSA) is 109 Å². The predicted octanol–water partition coefficient (Wildman–Crippen LogP) is 4.42. The maximum Gasteiger partial charge on any atom is 0.433 e. The first-order valence-electron chi connectivity index (χ1n) is 11.1. The molecular weight excluding hydrogens is 488 g/mol. The molecule has 3 rings (SSSR count). The zero-order chi connectivity index (χ0) is 26.0. The first-order chi connectivity index (χ1) is 16.3. The highest BCUT2D eigenvalue weighted by molar-refractivity contribution is 7.80. The minimum absolute atomic E-state index is 0.117. The number of amides is 1.